The first-order valence-electron chi connectivity index (χ1n) is 9.68. The molecule has 4 rings (SSSR count). The SMILES string of the molecule is Cc1cccc(-c2n[nH]c(=S)n2/N=C/c2ccc(/C=C3\SC(=S)N(CC(=O)O)C3=O)cc2)c1. The first-order chi connectivity index (χ1) is 15.8. The second-order valence-corrected chi connectivity index (χ2v) is 9.17. The topological polar surface area (TPSA) is 104 Å². The summed E-state index contributed by atoms with van der Waals surface area (Å²) in [5, 5.41) is 20.5. The van der Waals surface area contributed by atoms with Crippen molar-refractivity contribution in [1.82, 2.24) is 19.8 Å². The minimum absolute atomic E-state index is 0.235. The van der Waals surface area contributed by atoms with Gasteiger partial charge in [-0.25, -0.2) is 5.10 Å². The molecule has 0 radical (unpaired) electrons. The third-order valence-corrected chi connectivity index (χ3v) is 6.29. The van der Waals surface area contributed by atoms with E-state index in [1.807, 2.05) is 55.5 Å². The number of benzene rings is 2. The Morgan fingerprint density at radius 2 is 1.94 bits per heavy atom. The fraction of sp³-hybridized carbons (Fsp3) is 0.0909. The van der Waals surface area contributed by atoms with Crippen LogP contribution >= 0.6 is 36.2 Å². The quantitative estimate of drug-likeness (QED) is 0.302. The summed E-state index contributed by atoms with van der Waals surface area (Å²) in [6, 6.07) is 15.3. The van der Waals surface area contributed by atoms with Crippen LogP contribution in [0.2, 0.25) is 0 Å². The van der Waals surface area contributed by atoms with Crippen LogP contribution in [0, 0.1) is 11.7 Å². The predicted molar refractivity (Wildman–Crippen MR) is 135 cm³/mol. The van der Waals surface area contributed by atoms with Crippen LogP contribution in [-0.2, 0) is 9.59 Å². The maximum Gasteiger partial charge on any atom is 0.323 e. The predicted octanol–water partition coefficient (Wildman–Crippen LogP) is 4.08. The average Bonchev–Trinajstić information content (AvgIpc) is 3.27. The van der Waals surface area contributed by atoms with Crippen molar-refractivity contribution < 1.29 is 14.7 Å². The van der Waals surface area contributed by atoms with Crippen molar-refractivity contribution >= 4 is 64.7 Å². The van der Waals surface area contributed by atoms with Crippen molar-refractivity contribution in [3.8, 4) is 11.4 Å². The molecule has 0 saturated carbocycles. The second kappa shape index (κ2) is 9.61. The number of aromatic amines is 1. The molecule has 0 aliphatic carbocycles. The van der Waals surface area contributed by atoms with Gasteiger partial charge in [0, 0.05) is 5.56 Å². The lowest BCUT2D eigenvalue weighted by atomic mass is 10.1. The molecule has 1 aliphatic rings. The molecule has 0 atom stereocenters. The van der Waals surface area contributed by atoms with E-state index in [-0.39, 0.29) is 4.32 Å². The highest BCUT2D eigenvalue weighted by Crippen LogP contribution is 2.32. The molecule has 2 N–H and O–H groups in total. The fourth-order valence-corrected chi connectivity index (χ4v) is 4.53. The van der Waals surface area contributed by atoms with E-state index < -0.39 is 18.4 Å². The molecule has 1 saturated heterocycles. The highest BCUT2D eigenvalue weighted by atomic mass is 32.2. The van der Waals surface area contributed by atoms with Gasteiger partial charge in [0.2, 0.25) is 4.77 Å². The average molecular weight is 496 g/mol. The zero-order valence-corrected chi connectivity index (χ0v) is 19.7. The lowest BCUT2D eigenvalue weighted by molar-refractivity contribution is -0.140. The normalized spacial score (nSPS) is 15.2. The fourth-order valence-electron chi connectivity index (χ4n) is 3.10. The minimum atomic E-state index is -1.11. The van der Waals surface area contributed by atoms with Gasteiger partial charge in [-0.05, 0) is 42.4 Å². The van der Waals surface area contributed by atoms with Gasteiger partial charge in [-0.2, -0.15) is 14.9 Å². The van der Waals surface area contributed by atoms with Crippen LogP contribution in [0.15, 0.2) is 58.5 Å². The standard InChI is InChI=1S/C22H17N5O3S3/c1-13-3-2-4-16(9-13)19-24-25-21(31)27(19)23-11-15-7-5-14(6-8-15)10-17-20(30)26(12-18(28)29)22(32)33-17/h2-11H,12H2,1H3,(H,25,31)(H,28,29)/b17-10-,23-11+. The number of aromatic nitrogens is 3. The Morgan fingerprint density at radius 1 is 1.21 bits per heavy atom. The first-order valence-corrected chi connectivity index (χ1v) is 11.3. The Morgan fingerprint density at radius 3 is 2.64 bits per heavy atom. The van der Waals surface area contributed by atoms with Gasteiger partial charge in [-0.15, -0.1) is 0 Å². The molecule has 3 aromatic rings. The van der Waals surface area contributed by atoms with Crippen LogP contribution in [0.4, 0.5) is 0 Å². The van der Waals surface area contributed by atoms with Crippen LogP contribution < -0.4 is 0 Å². The van der Waals surface area contributed by atoms with Gasteiger partial charge in [0.25, 0.3) is 5.91 Å². The van der Waals surface area contributed by atoms with Gasteiger partial charge in [0.05, 0.1) is 11.1 Å². The third-order valence-electron chi connectivity index (χ3n) is 4.65. The largest absolute Gasteiger partial charge is 0.480 e. The summed E-state index contributed by atoms with van der Waals surface area (Å²) in [6.45, 7) is 1.56. The molecule has 2 heterocycles. The van der Waals surface area contributed by atoms with Crippen molar-refractivity contribution in [2.24, 2.45) is 5.10 Å². The van der Waals surface area contributed by atoms with Crippen molar-refractivity contribution in [2.75, 3.05) is 6.54 Å². The van der Waals surface area contributed by atoms with Gasteiger partial charge >= 0.3 is 5.97 Å². The Labute approximate surface area is 203 Å². The van der Waals surface area contributed by atoms with Gasteiger partial charge in [0.15, 0.2) is 5.82 Å². The number of amides is 1. The highest BCUT2D eigenvalue weighted by Gasteiger charge is 2.33. The van der Waals surface area contributed by atoms with E-state index in [2.05, 4.69) is 15.3 Å². The van der Waals surface area contributed by atoms with Crippen LogP contribution in [-0.4, -0.2) is 53.8 Å². The molecule has 1 aromatic heterocycles. The van der Waals surface area contributed by atoms with Gasteiger partial charge in [-0.1, -0.05) is 72.0 Å². The van der Waals surface area contributed by atoms with Gasteiger partial charge < -0.3 is 5.11 Å². The summed E-state index contributed by atoms with van der Waals surface area (Å²) in [4.78, 5) is 24.8. The van der Waals surface area contributed by atoms with Crippen molar-refractivity contribution in [3.05, 3.63) is 74.9 Å². The number of carbonyl (C=O) groups excluding carboxylic acids is 1. The number of thioether (sulfide) groups is 1. The molecule has 11 heteroatoms. The van der Waals surface area contributed by atoms with E-state index >= 15 is 0 Å². The smallest absolute Gasteiger partial charge is 0.323 e. The number of nitrogens with one attached hydrogen (secondary N) is 1. The molecule has 33 heavy (non-hydrogen) atoms. The zero-order valence-electron chi connectivity index (χ0n) is 17.3. The summed E-state index contributed by atoms with van der Waals surface area (Å²) in [5.41, 5.74) is 3.61. The molecule has 166 valence electrons. The van der Waals surface area contributed by atoms with Crippen molar-refractivity contribution in [3.63, 3.8) is 0 Å². The number of carbonyl (C=O) groups is 2. The maximum atomic E-state index is 12.4. The van der Waals surface area contributed by atoms with Crippen LogP contribution in [0.3, 0.4) is 0 Å². The molecule has 2 aromatic carbocycles. The third kappa shape index (κ3) is 5.16. The number of thiocarbonyl (C=S) groups is 1. The molecule has 8 nitrogen and oxygen atoms in total. The highest BCUT2D eigenvalue weighted by molar-refractivity contribution is 8.26. The molecule has 0 unspecified atom stereocenters. The minimum Gasteiger partial charge on any atom is -0.480 e. The molecule has 0 bridgehead atoms. The maximum absolute atomic E-state index is 12.4. The number of nitrogens with zero attached hydrogens (tertiary/aromatic N) is 4. The number of hydrogen-bond donors (Lipinski definition) is 2. The number of aryl methyl sites for hydroxylation is 1. The van der Waals surface area contributed by atoms with Crippen LogP contribution in [0.5, 0.6) is 0 Å². The summed E-state index contributed by atoms with van der Waals surface area (Å²) >= 11 is 11.5. The van der Waals surface area contributed by atoms with Crippen LogP contribution in [0.1, 0.15) is 16.7 Å². The Bertz CT molecular complexity index is 1370. The van der Waals surface area contributed by atoms with E-state index in [1.165, 1.54) is 0 Å². The molecule has 1 amide bonds. The number of rotatable bonds is 6. The zero-order chi connectivity index (χ0) is 23.5. The summed E-state index contributed by atoms with van der Waals surface area (Å²) in [7, 11) is 0. The van der Waals surface area contributed by atoms with Crippen LogP contribution in [0.25, 0.3) is 17.5 Å². The molecule has 1 fully saturated rings. The Hall–Kier alpha value is -3.41. The lowest BCUT2D eigenvalue weighted by Crippen LogP contribution is -2.33. The Balaban J connectivity index is 1.53. The first kappa shape index (κ1) is 22.8. The summed E-state index contributed by atoms with van der Waals surface area (Å²) in [6.07, 6.45) is 3.35. The monoisotopic (exact) mass is 495 g/mol. The van der Waals surface area contributed by atoms with E-state index in [4.69, 9.17) is 29.5 Å². The number of carboxylic acids is 1. The Kier molecular flexibility index (Phi) is 6.63. The van der Waals surface area contributed by atoms with E-state index in [0.717, 1.165) is 38.9 Å². The lowest BCUT2D eigenvalue weighted by Gasteiger charge is -2.10. The number of hydrogen-bond acceptors (Lipinski definition) is 7. The van der Waals surface area contributed by atoms with Gasteiger partial charge in [0.1, 0.15) is 10.9 Å². The van der Waals surface area contributed by atoms with Gasteiger partial charge in [-0.3, -0.25) is 14.5 Å². The second-order valence-electron chi connectivity index (χ2n) is 7.11. The molecule has 0 spiro atoms. The number of H-pyrrole nitrogens is 1. The van der Waals surface area contributed by atoms with Crippen molar-refractivity contribution in [1.29, 1.82) is 0 Å². The number of carboxylic acid groups (broad SMARTS) is 1. The van der Waals surface area contributed by atoms with E-state index in [1.54, 1.807) is 17.0 Å². The van der Waals surface area contributed by atoms with E-state index in [9.17, 15) is 9.59 Å². The summed E-state index contributed by atoms with van der Waals surface area (Å²) < 4.78 is 2.17. The molecular weight excluding hydrogens is 478 g/mol. The van der Waals surface area contributed by atoms with E-state index in [0.29, 0.717) is 15.5 Å². The molecule has 1 aliphatic heterocycles. The van der Waals surface area contributed by atoms with Crippen molar-refractivity contribution in [2.45, 2.75) is 6.92 Å². The molecular formula is C22H17N5O3S3. The summed E-state index contributed by atoms with van der Waals surface area (Å²) in [5.74, 6) is -0.907. The number of aliphatic carboxylic acids is 1.